The SMILES string of the molecule is CNSc1cccc(O)c1.COc1cc(C=O)ccc1Cn1cccn1. The molecule has 6 nitrogen and oxygen atoms in total. The molecule has 7 heteroatoms. The fourth-order valence-corrected chi connectivity index (χ4v) is 2.76. The second kappa shape index (κ2) is 10.3. The van der Waals surface area contributed by atoms with Crippen molar-refractivity contribution in [1.82, 2.24) is 14.5 Å². The highest BCUT2D eigenvalue weighted by atomic mass is 32.2. The Balaban J connectivity index is 0.000000209. The normalized spacial score (nSPS) is 9.92. The van der Waals surface area contributed by atoms with Gasteiger partial charge in [-0.3, -0.25) is 14.2 Å². The van der Waals surface area contributed by atoms with Gasteiger partial charge in [-0.05, 0) is 49.3 Å². The molecule has 136 valence electrons. The zero-order valence-electron chi connectivity index (χ0n) is 14.6. The molecule has 0 atom stereocenters. The molecule has 0 amide bonds. The molecule has 0 saturated heterocycles. The summed E-state index contributed by atoms with van der Waals surface area (Å²) in [5.41, 5.74) is 1.61. The molecular formula is C19H21N3O3S. The van der Waals surface area contributed by atoms with Crippen LogP contribution in [0.5, 0.6) is 11.5 Å². The monoisotopic (exact) mass is 371 g/mol. The number of carbonyl (C=O) groups excluding carboxylic acids is 1. The van der Waals surface area contributed by atoms with Gasteiger partial charge in [-0.15, -0.1) is 0 Å². The van der Waals surface area contributed by atoms with Crippen LogP contribution in [0.2, 0.25) is 0 Å². The van der Waals surface area contributed by atoms with Crippen LogP contribution in [0.15, 0.2) is 65.8 Å². The molecule has 1 aromatic heterocycles. The number of aromatic nitrogens is 2. The minimum absolute atomic E-state index is 0.306. The van der Waals surface area contributed by atoms with Crippen LogP contribution in [0, 0.1) is 0 Å². The fraction of sp³-hybridized carbons (Fsp3) is 0.158. The summed E-state index contributed by atoms with van der Waals surface area (Å²) < 4.78 is 9.96. The third-order valence-electron chi connectivity index (χ3n) is 3.38. The van der Waals surface area contributed by atoms with E-state index in [1.165, 1.54) is 11.9 Å². The maximum absolute atomic E-state index is 10.6. The van der Waals surface area contributed by atoms with Gasteiger partial charge in [0.2, 0.25) is 0 Å². The molecule has 0 aliphatic rings. The average Bonchev–Trinajstić information content (AvgIpc) is 3.16. The van der Waals surface area contributed by atoms with Gasteiger partial charge in [0.25, 0.3) is 0 Å². The lowest BCUT2D eigenvalue weighted by molar-refractivity contribution is 0.112. The van der Waals surface area contributed by atoms with Gasteiger partial charge < -0.3 is 9.84 Å². The van der Waals surface area contributed by atoms with Gasteiger partial charge in [0.05, 0.1) is 13.7 Å². The van der Waals surface area contributed by atoms with Crippen molar-refractivity contribution in [3.05, 3.63) is 72.1 Å². The summed E-state index contributed by atoms with van der Waals surface area (Å²) in [6.07, 6.45) is 4.42. The van der Waals surface area contributed by atoms with Gasteiger partial charge in [0.15, 0.2) is 0 Å². The maximum atomic E-state index is 10.6. The van der Waals surface area contributed by atoms with Crippen molar-refractivity contribution in [2.24, 2.45) is 0 Å². The minimum atomic E-state index is 0.306. The van der Waals surface area contributed by atoms with Crippen molar-refractivity contribution in [3.63, 3.8) is 0 Å². The van der Waals surface area contributed by atoms with Crippen LogP contribution in [0.25, 0.3) is 0 Å². The molecule has 0 spiro atoms. The minimum Gasteiger partial charge on any atom is -0.508 e. The van der Waals surface area contributed by atoms with E-state index in [-0.39, 0.29) is 0 Å². The number of hydrogen-bond acceptors (Lipinski definition) is 6. The predicted octanol–water partition coefficient (Wildman–Crippen LogP) is 3.37. The largest absolute Gasteiger partial charge is 0.508 e. The molecule has 0 unspecified atom stereocenters. The summed E-state index contributed by atoms with van der Waals surface area (Å²) in [6, 6.07) is 14.4. The summed E-state index contributed by atoms with van der Waals surface area (Å²) in [5.74, 6) is 1.01. The van der Waals surface area contributed by atoms with Crippen molar-refractivity contribution in [2.75, 3.05) is 14.2 Å². The summed E-state index contributed by atoms with van der Waals surface area (Å²) in [6.45, 7) is 0.634. The van der Waals surface area contributed by atoms with Gasteiger partial charge in [0.1, 0.15) is 17.8 Å². The quantitative estimate of drug-likeness (QED) is 0.511. The molecule has 0 saturated carbocycles. The second-order valence-electron chi connectivity index (χ2n) is 5.20. The van der Waals surface area contributed by atoms with E-state index in [1.54, 1.807) is 42.3 Å². The first-order valence-electron chi connectivity index (χ1n) is 7.88. The number of aldehydes is 1. The summed E-state index contributed by atoms with van der Waals surface area (Å²) in [5, 5.41) is 13.1. The van der Waals surface area contributed by atoms with E-state index in [0.717, 1.165) is 16.7 Å². The number of phenolic OH excluding ortho intramolecular Hbond substituents is 1. The molecule has 0 fully saturated rings. The Hall–Kier alpha value is -2.77. The van der Waals surface area contributed by atoms with Gasteiger partial charge in [-0.2, -0.15) is 5.10 Å². The van der Waals surface area contributed by atoms with Gasteiger partial charge >= 0.3 is 0 Å². The maximum Gasteiger partial charge on any atom is 0.150 e. The Labute approximate surface area is 156 Å². The molecule has 0 aliphatic carbocycles. The van der Waals surface area contributed by atoms with Gasteiger partial charge in [0, 0.05) is 28.4 Å². The van der Waals surface area contributed by atoms with Crippen molar-refractivity contribution in [2.45, 2.75) is 11.4 Å². The highest BCUT2D eigenvalue weighted by Gasteiger charge is 2.05. The lowest BCUT2D eigenvalue weighted by Gasteiger charge is -2.08. The van der Waals surface area contributed by atoms with Crippen LogP contribution in [0.4, 0.5) is 0 Å². The molecule has 2 N–H and O–H groups in total. The van der Waals surface area contributed by atoms with E-state index in [2.05, 4.69) is 9.82 Å². The average molecular weight is 371 g/mol. The number of nitrogens with zero attached hydrogens (tertiary/aromatic N) is 2. The van der Waals surface area contributed by atoms with Crippen LogP contribution >= 0.6 is 11.9 Å². The highest BCUT2D eigenvalue weighted by molar-refractivity contribution is 7.97. The number of hydrogen-bond donors (Lipinski definition) is 2. The van der Waals surface area contributed by atoms with Gasteiger partial charge in [-0.1, -0.05) is 18.2 Å². The van der Waals surface area contributed by atoms with Crippen LogP contribution in [0.3, 0.4) is 0 Å². The van der Waals surface area contributed by atoms with Crippen LogP contribution in [0.1, 0.15) is 15.9 Å². The standard InChI is InChI=1S/C12H12N2O2.C7H9NOS/c1-16-12-7-10(9-15)3-4-11(12)8-14-6-2-5-13-14;1-8-10-7-4-2-3-6(9)5-7/h2-7,9H,8H2,1H3;2-5,8-9H,1H3. The van der Waals surface area contributed by atoms with Crippen molar-refractivity contribution in [3.8, 4) is 11.5 Å². The zero-order chi connectivity index (χ0) is 18.8. The molecular weight excluding hydrogens is 350 g/mol. The third kappa shape index (κ3) is 5.94. The van der Waals surface area contributed by atoms with Crippen molar-refractivity contribution < 1.29 is 14.6 Å². The van der Waals surface area contributed by atoms with Crippen LogP contribution < -0.4 is 9.46 Å². The Morgan fingerprint density at radius 1 is 1.27 bits per heavy atom. The smallest absolute Gasteiger partial charge is 0.150 e. The molecule has 1 heterocycles. The lowest BCUT2D eigenvalue weighted by atomic mass is 10.1. The van der Waals surface area contributed by atoms with Crippen LogP contribution in [-0.4, -0.2) is 35.3 Å². The first-order chi connectivity index (χ1) is 12.7. The van der Waals surface area contributed by atoms with E-state index in [1.807, 2.05) is 37.5 Å². The summed E-state index contributed by atoms with van der Waals surface area (Å²) in [7, 11) is 3.44. The van der Waals surface area contributed by atoms with Crippen LogP contribution in [-0.2, 0) is 6.54 Å². The molecule has 26 heavy (non-hydrogen) atoms. The van der Waals surface area contributed by atoms with Crippen molar-refractivity contribution in [1.29, 1.82) is 0 Å². The molecule has 0 radical (unpaired) electrons. The first kappa shape index (κ1) is 19.6. The van der Waals surface area contributed by atoms with Crippen molar-refractivity contribution >= 4 is 18.2 Å². The molecule has 3 rings (SSSR count). The Morgan fingerprint density at radius 2 is 2.12 bits per heavy atom. The Bertz CT molecular complexity index is 823. The van der Waals surface area contributed by atoms with E-state index in [4.69, 9.17) is 9.84 Å². The Kier molecular flexibility index (Phi) is 7.73. The number of rotatable bonds is 6. The highest BCUT2D eigenvalue weighted by Crippen LogP contribution is 2.20. The summed E-state index contributed by atoms with van der Waals surface area (Å²) >= 11 is 1.48. The predicted molar refractivity (Wildman–Crippen MR) is 103 cm³/mol. The Morgan fingerprint density at radius 3 is 2.73 bits per heavy atom. The molecule has 3 aromatic rings. The topological polar surface area (TPSA) is 76.4 Å². The molecule has 2 aromatic carbocycles. The number of nitrogens with one attached hydrogen (secondary N) is 1. The number of carbonyl (C=O) groups is 1. The molecule has 0 aliphatic heterocycles. The number of aromatic hydroxyl groups is 1. The number of methoxy groups -OCH3 is 1. The lowest BCUT2D eigenvalue weighted by Crippen LogP contribution is -2.02. The van der Waals surface area contributed by atoms with E-state index < -0.39 is 0 Å². The number of benzene rings is 2. The summed E-state index contributed by atoms with van der Waals surface area (Å²) in [4.78, 5) is 11.6. The van der Waals surface area contributed by atoms with E-state index in [0.29, 0.717) is 23.6 Å². The van der Waals surface area contributed by atoms with E-state index >= 15 is 0 Å². The third-order valence-corrected chi connectivity index (χ3v) is 4.07. The number of ether oxygens (including phenoxy) is 1. The fourth-order valence-electron chi connectivity index (χ4n) is 2.20. The van der Waals surface area contributed by atoms with Gasteiger partial charge in [-0.25, -0.2) is 0 Å². The first-order valence-corrected chi connectivity index (χ1v) is 8.70. The molecule has 0 bridgehead atoms. The second-order valence-corrected chi connectivity index (χ2v) is 6.28. The number of phenols is 1. The van der Waals surface area contributed by atoms with E-state index in [9.17, 15) is 4.79 Å². The zero-order valence-corrected chi connectivity index (χ0v) is 15.4.